The van der Waals surface area contributed by atoms with E-state index < -0.39 is 12.1 Å². The van der Waals surface area contributed by atoms with Gasteiger partial charge in [-0.25, -0.2) is 4.79 Å². The van der Waals surface area contributed by atoms with Gasteiger partial charge >= 0.3 is 5.97 Å². The number of benzene rings is 1. The SMILES string of the molecule is COc1ccc(C(=O)O[C@H]2C(=O)C[C@@H]3CC[C@H]2N3)cc1. The van der Waals surface area contributed by atoms with E-state index in [9.17, 15) is 9.59 Å². The minimum Gasteiger partial charge on any atom is -0.497 e. The third-order valence-electron chi connectivity index (χ3n) is 3.97. The van der Waals surface area contributed by atoms with Crippen molar-refractivity contribution in [3.63, 3.8) is 0 Å². The fraction of sp³-hybridized carbons (Fsp3) is 0.467. The predicted octanol–water partition coefficient (Wildman–Crippen LogP) is 1.31. The quantitative estimate of drug-likeness (QED) is 0.843. The summed E-state index contributed by atoms with van der Waals surface area (Å²) >= 11 is 0. The van der Waals surface area contributed by atoms with Crippen molar-refractivity contribution in [2.24, 2.45) is 0 Å². The highest BCUT2D eigenvalue weighted by Gasteiger charge is 2.43. The third-order valence-corrected chi connectivity index (χ3v) is 3.97. The Morgan fingerprint density at radius 1 is 1.25 bits per heavy atom. The van der Waals surface area contributed by atoms with Crippen molar-refractivity contribution < 1.29 is 19.1 Å². The molecular formula is C15H17NO4. The Morgan fingerprint density at radius 2 is 2.00 bits per heavy atom. The number of nitrogens with one attached hydrogen (secondary N) is 1. The van der Waals surface area contributed by atoms with E-state index in [1.54, 1.807) is 31.4 Å². The monoisotopic (exact) mass is 275 g/mol. The molecule has 5 nitrogen and oxygen atoms in total. The molecular weight excluding hydrogens is 258 g/mol. The van der Waals surface area contributed by atoms with Crippen molar-refractivity contribution in [2.75, 3.05) is 7.11 Å². The van der Waals surface area contributed by atoms with Crippen LogP contribution in [0.15, 0.2) is 24.3 Å². The molecule has 0 radical (unpaired) electrons. The summed E-state index contributed by atoms with van der Waals surface area (Å²) in [5.74, 6) is 0.242. The Balaban J connectivity index is 1.69. The lowest BCUT2D eigenvalue weighted by Gasteiger charge is -2.28. The van der Waals surface area contributed by atoms with Crippen LogP contribution in [0, 0.1) is 0 Å². The van der Waals surface area contributed by atoms with Crippen molar-refractivity contribution >= 4 is 11.8 Å². The average molecular weight is 275 g/mol. The average Bonchev–Trinajstić information content (AvgIpc) is 2.86. The molecule has 2 aliphatic heterocycles. The zero-order valence-electron chi connectivity index (χ0n) is 11.3. The zero-order chi connectivity index (χ0) is 14.1. The fourth-order valence-corrected chi connectivity index (χ4v) is 2.89. The van der Waals surface area contributed by atoms with Gasteiger partial charge in [0.05, 0.1) is 18.7 Å². The topological polar surface area (TPSA) is 64.6 Å². The van der Waals surface area contributed by atoms with E-state index in [2.05, 4.69) is 5.32 Å². The van der Waals surface area contributed by atoms with E-state index in [1.807, 2.05) is 0 Å². The summed E-state index contributed by atoms with van der Waals surface area (Å²) < 4.78 is 10.4. The Kier molecular flexibility index (Phi) is 3.44. The molecule has 3 atom stereocenters. The predicted molar refractivity (Wildman–Crippen MR) is 71.8 cm³/mol. The number of ether oxygens (including phenoxy) is 2. The van der Waals surface area contributed by atoms with Crippen LogP contribution < -0.4 is 10.1 Å². The molecule has 0 aliphatic carbocycles. The maximum atomic E-state index is 12.1. The normalized spacial score (nSPS) is 28.2. The Morgan fingerprint density at radius 3 is 2.70 bits per heavy atom. The van der Waals surface area contributed by atoms with Gasteiger partial charge in [0, 0.05) is 12.5 Å². The molecule has 2 aliphatic rings. The molecule has 5 heteroatoms. The van der Waals surface area contributed by atoms with Gasteiger partial charge in [-0.15, -0.1) is 0 Å². The highest BCUT2D eigenvalue weighted by molar-refractivity contribution is 5.93. The van der Waals surface area contributed by atoms with Crippen molar-refractivity contribution in [3.05, 3.63) is 29.8 Å². The van der Waals surface area contributed by atoms with Crippen LogP contribution in [0.3, 0.4) is 0 Å². The van der Waals surface area contributed by atoms with E-state index in [0.717, 1.165) is 12.8 Å². The number of fused-ring (bicyclic) bond motifs is 2. The standard InChI is InChI=1S/C15H17NO4/c1-19-11-5-2-9(3-6-11)15(18)20-14-12-7-4-10(16-12)8-13(14)17/h2-3,5-6,10,12,14,16H,4,7-8H2,1H3/t10-,12+,14+/m0/s1. The molecule has 1 aromatic carbocycles. The number of piperidine rings is 1. The maximum absolute atomic E-state index is 12.1. The second-order valence-electron chi connectivity index (χ2n) is 5.27. The number of hydrogen-bond donors (Lipinski definition) is 1. The van der Waals surface area contributed by atoms with Crippen LogP contribution >= 0.6 is 0 Å². The molecule has 2 heterocycles. The van der Waals surface area contributed by atoms with Gasteiger partial charge < -0.3 is 14.8 Å². The lowest BCUT2D eigenvalue weighted by atomic mass is 10.0. The van der Waals surface area contributed by atoms with Gasteiger partial charge in [-0.1, -0.05) is 0 Å². The molecule has 3 rings (SSSR count). The van der Waals surface area contributed by atoms with Gasteiger partial charge in [0.15, 0.2) is 11.9 Å². The molecule has 1 N–H and O–H groups in total. The molecule has 0 aromatic heterocycles. The zero-order valence-corrected chi connectivity index (χ0v) is 11.3. The molecule has 2 fully saturated rings. The van der Waals surface area contributed by atoms with Gasteiger partial charge in [0.25, 0.3) is 0 Å². The fourth-order valence-electron chi connectivity index (χ4n) is 2.89. The van der Waals surface area contributed by atoms with Crippen molar-refractivity contribution in [3.8, 4) is 5.75 Å². The number of carbonyl (C=O) groups excluding carboxylic acids is 2. The van der Waals surface area contributed by atoms with Crippen LogP contribution in [0.5, 0.6) is 5.75 Å². The van der Waals surface area contributed by atoms with Gasteiger partial charge in [-0.2, -0.15) is 0 Å². The number of hydrogen-bond acceptors (Lipinski definition) is 5. The number of rotatable bonds is 3. The first-order chi connectivity index (χ1) is 9.67. The van der Waals surface area contributed by atoms with E-state index in [0.29, 0.717) is 17.7 Å². The molecule has 0 saturated carbocycles. The van der Waals surface area contributed by atoms with Crippen molar-refractivity contribution in [1.82, 2.24) is 5.32 Å². The maximum Gasteiger partial charge on any atom is 0.338 e. The van der Waals surface area contributed by atoms with Crippen LogP contribution in [0.25, 0.3) is 0 Å². The van der Waals surface area contributed by atoms with Crippen molar-refractivity contribution in [1.29, 1.82) is 0 Å². The number of esters is 1. The lowest BCUT2D eigenvalue weighted by Crippen LogP contribution is -2.51. The van der Waals surface area contributed by atoms with E-state index in [1.165, 1.54) is 0 Å². The van der Waals surface area contributed by atoms with Crippen molar-refractivity contribution in [2.45, 2.75) is 37.5 Å². The van der Waals surface area contributed by atoms with Crippen LogP contribution in [0.1, 0.15) is 29.6 Å². The summed E-state index contributed by atoms with van der Waals surface area (Å²) in [5, 5.41) is 3.33. The number of Topliss-reactive ketones (excluding diaryl/α,β-unsaturated/α-hetero) is 1. The Hall–Kier alpha value is -1.88. The summed E-state index contributed by atoms with van der Waals surface area (Å²) in [4.78, 5) is 24.1. The second-order valence-corrected chi connectivity index (χ2v) is 5.27. The summed E-state index contributed by atoms with van der Waals surface area (Å²) in [7, 11) is 1.57. The number of ketones is 1. The molecule has 0 amide bonds. The minimum absolute atomic E-state index is 0.0246. The molecule has 0 spiro atoms. The lowest BCUT2D eigenvalue weighted by molar-refractivity contribution is -0.131. The van der Waals surface area contributed by atoms with Crippen LogP contribution in [0.4, 0.5) is 0 Å². The van der Waals surface area contributed by atoms with E-state index in [-0.39, 0.29) is 17.9 Å². The molecule has 106 valence electrons. The van der Waals surface area contributed by atoms with E-state index in [4.69, 9.17) is 9.47 Å². The van der Waals surface area contributed by atoms with E-state index >= 15 is 0 Å². The Labute approximate surface area is 117 Å². The first-order valence-corrected chi connectivity index (χ1v) is 6.81. The molecule has 2 saturated heterocycles. The van der Waals surface area contributed by atoms with Gasteiger partial charge in [-0.05, 0) is 37.1 Å². The molecule has 20 heavy (non-hydrogen) atoms. The van der Waals surface area contributed by atoms with Crippen LogP contribution in [-0.2, 0) is 9.53 Å². The van der Waals surface area contributed by atoms with Gasteiger partial charge in [0.2, 0.25) is 0 Å². The molecule has 2 bridgehead atoms. The number of methoxy groups -OCH3 is 1. The smallest absolute Gasteiger partial charge is 0.338 e. The first kappa shape index (κ1) is 13.1. The summed E-state index contributed by atoms with van der Waals surface area (Å²) in [6.45, 7) is 0. The first-order valence-electron chi connectivity index (χ1n) is 6.81. The molecule has 1 aromatic rings. The van der Waals surface area contributed by atoms with Gasteiger partial charge in [0.1, 0.15) is 5.75 Å². The second kappa shape index (κ2) is 5.25. The summed E-state index contributed by atoms with van der Waals surface area (Å²) in [5.41, 5.74) is 0.429. The Bertz CT molecular complexity index is 525. The summed E-state index contributed by atoms with van der Waals surface area (Å²) in [6, 6.07) is 6.91. The highest BCUT2D eigenvalue weighted by Crippen LogP contribution is 2.27. The number of carbonyl (C=O) groups is 2. The van der Waals surface area contributed by atoms with Crippen LogP contribution in [-0.4, -0.2) is 37.0 Å². The highest BCUT2D eigenvalue weighted by atomic mass is 16.5. The summed E-state index contributed by atoms with van der Waals surface area (Å²) in [6.07, 6.45) is 1.67. The third kappa shape index (κ3) is 2.41. The molecule has 0 unspecified atom stereocenters. The minimum atomic E-state index is -0.650. The largest absolute Gasteiger partial charge is 0.497 e. The van der Waals surface area contributed by atoms with Gasteiger partial charge in [-0.3, -0.25) is 4.79 Å². The van der Waals surface area contributed by atoms with Crippen LogP contribution in [0.2, 0.25) is 0 Å².